The summed E-state index contributed by atoms with van der Waals surface area (Å²) in [6, 6.07) is 0. The molecule has 2 unspecified atom stereocenters. The minimum Gasteiger partial charge on any atom is -0.462 e. The lowest BCUT2D eigenvalue weighted by Crippen LogP contribution is -2.30. The second-order valence-corrected chi connectivity index (χ2v) is 31.7. The number of phosphoric acid groups is 2. The molecule has 5 atom stereocenters. The number of hydrogen-bond acceptors (Lipinski definition) is 15. The molecule has 0 aliphatic carbocycles. The van der Waals surface area contributed by atoms with Gasteiger partial charge in [0.05, 0.1) is 26.4 Å². The van der Waals surface area contributed by atoms with Gasteiger partial charge in [-0.25, -0.2) is 9.13 Å². The van der Waals surface area contributed by atoms with Gasteiger partial charge in [0.15, 0.2) is 12.2 Å². The van der Waals surface area contributed by atoms with E-state index in [4.69, 9.17) is 37.0 Å². The van der Waals surface area contributed by atoms with Crippen molar-refractivity contribution in [3.63, 3.8) is 0 Å². The molecule has 0 aromatic rings. The third-order valence-corrected chi connectivity index (χ3v) is 19.5. The summed E-state index contributed by atoms with van der Waals surface area (Å²) < 4.78 is 68.5. The van der Waals surface area contributed by atoms with Crippen LogP contribution in [0, 0.1) is 17.8 Å². The van der Waals surface area contributed by atoms with E-state index in [1.165, 1.54) is 193 Å². The van der Waals surface area contributed by atoms with E-state index in [-0.39, 0.29) is 25.7 Å². The molecule has 564 valence electrons. The van der Waals surface area contributed by atoms with E-state index < -0.39 is 97.5 Å². The molecule has 95 heavy (non-hydrogen) atoms. The van der Waals surface area contributed by atoms with Crippen LogP contribution in [-0.2, 0) is 65.4 Å². The summed E-state index contributed by atoms with van der Waals surface area (Å²) >= 11 is 0. The first-order valence-corrected chi connectivity index (χ1v) is 42.3. The van der Waals surface area contributed by atoms with Crippen molar-refractivity contribution in [3.05, 3.63) is 0 Å². The largest absolute Gasteiger partial charge is 0.472 e. The molecule has 0 aromatic carbocycles. The highest BCUT2D eigenvalue weighted by Gasteiger charge is 2.30. The van der Waals surface area contributed by atoms with Gasteiger partial charge in [0.1, 0.15) is 19.3 Å². The maximum Gasteiger partial charge on any atom is 0.472 e. The van der Waals surface area contributed by atoms with Gasteiger partial charge in [0.25, 0.3) is 0 Å². The molecule has 0 spiro atoms. The number of carbonyl (C=O) groups is 4. The molecular weight excluding hydrogens is 1250 g/mol. The Kier molecular flexibility index (Phi) is 65.2. The van der Waals surface area contributed by atoms with Crippen LogP contribution in [0.5, 0.6) is 0 Å². The summed E-state index contributed by atoms with van der Waals surface area (Å²) in [5, 5.41) is 10.6. The Labute approximate surface area is 581 Å². The molecule has 0 radical (unpaired) electrons. The number of aliphatic hydroxyl groups is 1. The molecule has 0 amide bonds. The van der Waals surface area contributed by atoms with Gasteiger partial charge in [0.2, 0.25) is 0 Å². The molecule has 0 saturated carbocycles. The number of carbonyl (C=O) groups excluding carboxylic acids is 4. The molecule has 0 aliphatic rings. The zero-order valence-corrected chi connectivity index (χ0v) is 63.9. The lowest BCUT2D eigenvalue weighted by molar-refractivity contribution is -0.161. The Hall–Kier alpha value is -1.94. The molecule has 0 aliphatic heterocycles. The predicted molar refractivity (Wildman–Crippen MR) is 386 cm³/mol. The van der Waals surface area contributed by atoms with Crippen molar-refractivity contribution in [1.82, 2.24) is 0 Å². The molecule has 0 fully saturated rings. The van der Waals surface area contributed by atoms with E-state index >= 15 is 0 Å². The smallest absolute Gasteiger partial charge is 0.462 e. The number of esters is 4. The van der Waals surface area contributed by atoms with Crippen LogP contribution in [0.1, 0.15) is 389 Å². The number of unbranched alkanes of at least 4 members (excludes halogenated alkanes) is 42. The Bertz CT molecular complexity index is 1850. The van der Waals surface area contributed by atoms with Crippen LogP contribution in [0.3, 0.4) is 0 Å². The fourth-order valence-corrected chi connectivity index (χ4v) is 13.2. The molecular formula is C76H148O17P2. The first-order valence-electron chi connectivity index (χ1n) is 39.3. The maximum absolute atomic E-state index is 13.1. The Balaban J connectivity index is 5.23. The zero-order chi connectivity index (χ0) is 70.1. The zero-order valence-electron chi connectivity index (χ0n) is 62.1. The van der Waals surface area contributed by atoms with Crippen LogP contribution < -0.4 is 0 Å². The number of phosphoric ester groups is 2. The summed E-state index contributed by atoms with van der Waals surface area (Å²) in [4.78, 5) is 72.8. The number of ether oxygens (including phenoxy) is 4. The highest BCUT2D eigenvalue weighted by atomic mass is 31.2. The summed E-state index contributed by atoms with van der Waals surface area (Å²) in [6.45, 7) is 11.9. The second-order valence-electron chi connectivity index (χ2n) is 28.8. The minimum absolute atomic E-state index is 0.106. The predicted octanol–water partition coefficient (Wildman–Crippen LogP) is 22.2. The highest BCUT2D eigenvalue weighted by molar-refractivity contribution is 7.47. The number of rotatable bonds is 74. The van der Waals surface area contributed by atoms with Crippen molar-refractivity contribution in [3.8, 4) is 0 Å². The molecule has 3 N–H and O–H groups in total. The van der Waals surface area contributed by atoms with Gasteiger partial charge in [-0.2, -0.15) is 0 Å². The monoisotopic (exact) mass is 1400 g/mol. The van der Waals surface area contributed by atoms with E-state index in [9.17, 15) is 43.2 Å². The van der Waals surface area contributed by atoms with Crippen molar-refractivity contribution < 1.29 is 80.2 Å². The van der Waals surface area contributed by atoms with Crippen molar-refractivity contribution >= 4 is 39.5 Å². The van der Waals surface area contributed by atoms with E-state index in [2.05, 4.69) is 48.5 Å². The average Bonchev–Trinajstić information content (AvgIpc) is 1.47. The van der Waals surface area contributed by atoms with Crippen molar-refractivity contribution in [2.24, 2.45) is 17.8 Å². The maximum atomic E-state index is 13.1. The molecule has 17 nitrogen and oxygen atoms in total. The van der Waals surface area contributed by atoms with Gasteiger partial charge in [-0.15, -0.1) is 0 Å². The van der Waals surface area contributed by atoms with Crippen LogP contribution in [0.4, 0.5) is 0 Å². The van der Waals surface area contributed by atoms with Crippen LogP contribution in [0.2, 0.25) is 0 Å². The van der Waals surface area contributed by atoms with Crippen LogP contribution in [-0.4, -0.2) is 96.7 Å². The standard InChI is InChI=1S/C76H148O17P2/c1-8-9-10-11-12-13-14-18-26-31-36-45-52-59-76(81)93-72(64-87-74(79)58-51-44-39-38-42-49-56-69(6)7)66-91-95(84,85)89-62-70(77)61-88-94(82,83)90-65-71(63-86-73(78)57-50-43-35-30-25-22-21-24-29-34-41-48-55-68(4)5)92-75(80)60-53-46-37-32-27-20-17-15-16-19-23-28-33-40-47-54-67(2)3/h67-72,77H,8-66H2,1-7H3,(H,82,83)(H,84,85)/t70-,71-,72-/m1/s1. The average molecular weight is 1400 g/mol. The van der Waals surface area contributed by atoms with E-state index in [1.54, 1.807) is 0 Å². The Morgan fingerprint density at radius 2 is 0.484 bits per heavy atom. The lowest BCUT2D eigenvalue weighted by atomic mass is 10.0. The van der Waals surface area contributed by atoms with E-state index in [1.807, 2.05) is 0 Å². The van der Waals surface area contributed by atoms with Crippen molar-refractivity contribution in [2.75, 3.05) is 39.6 Å². The van der Waals surface area contributed by atoms with Gasteiger partial charge in [0, 0.05) is 25.7 Å². The first kappa shape index (κ1) is 93.1. The third kappa shape index (κ3) is 70.3. The van der Waals surface area contributed by atoms with Crippen LogP contribution in [0.15, 0.2) is 0 Å². The SMILES string of the molecule is CCCCCCCCCCCCCCCC(=O)O[C@H](COC(=O)CCCCCCCCC(C)C)COP(=O)(O)OC[C@H](O)COP(=O)(O)OC[C@@H](COC(=O)CCCCCCCCCCCCCCC(C)C)OC(=O)CCCCCCCCCCCCCCCCCC(C)C. The van der Waals surface area contributed by atoms with Gasteiger partial charge in [-0.3, -0.25) is 37.3 Å². The number of hydrogen-bond donors (Lipinski definition) is 3. The summed E-state index contributed by atoms with van der Waals surface area (Å²) in [5.41, 5.74) is 0. The van der Waals surface area contributed by atoms with Crippen molar-refractivity contribution in [2.45, 2.75) is 407 Å². The van der Waals surface area contributed by atoms with Gasteiger partial charge in [-0.1, -0.05) is 337 Å². The molecule has 19 heteroatoms. The summed E-state index contributed by atoms with van der Waals surface area (Å²) in [6.07, 6.45) is 52.8. The molecule has 0 aromatic heterocycles. The molecule has 0 heterocycles. The number of aliphatic hydroxyl groups excluding tert-OH is 1. The fraction of sp³-hybridized carbons (Fsp3) is 0.947. The Morgan fingerprint density at radius 1 is 0.284 bits per heavy atom. The quantitative estimate of drug-likeness (QED) is 0.0222. The van der Waals surface area contributed by atoms with Crippen LogP contribution >= 0.6 is 15.6 Å². The molecule has 0 rings (SSSR count). The van der Waals surface area contributed by atoms with Gasteiger partial charge < -0.3 is 33.8 Å². The van der Waals surface area contributed by atoms with E-state index in [0.717, 1.165) is 108 Å². The normalized spacial score (nSPS) is 14.1. The third-order valence-electron chi connectivity index (χ3n) is 17.6. The topological polar surface area (TPSA) is 237 Å². The fourth-order valence-electron chi connectivity index (χ4n) is 11.6. The molecule has 0 saturated heterocycles. The second kappa shape index (κ2) is 66.6. The van der Waals surface area contributed by atoms with Gasteiger partial charge in [-0.05, 0) is 43.4 Å². The van der Waals surface area contributed by atoms with Crippen molar-refractivity contribution in [1.29, 1.82) is 0 Å². The minimum atomic E-state index is -4.96. The summed E-state index contributed by atoms with van der Waals surface area (Å²) in [5.74, 6) is 0.146. The van der Waals surface area contributed by atoms with Crippen LogP contribution in [0.25, 0.3) is 0 Å². The first-order chi connectivity index (χ1) is 45.7. The molecule has 0 bridgehead atoms. The highest BCUT2D eigenvalue weighted by Crippen LogP contribution is 2.45. The lowest BCUT2D eigenvalue weighted by Gasteiger charge is -2.21. The van der Waals surface area contributed by atoms with E-state index in [0.29, 0.717) is 31.6 Å². The Morgan fingerprint density at radius 3 is 0.716 bits per heavy atom. The summed E-state index contributed by atoms with van der Waals surface area (Å²) in [7, 11) is -9.91. The van der Waals surface area contributed by atoms with Gasteiger partial charge >= 0.3 is 39.5 Å².